The number of aryl methyl sites for hydroxylation is 2. The number of aromatic amines is 1. The van der Waals surface area contributed by atoms with Gasteiger partial charge in [0.1, 0.15) is 0 Å². The first-order valence-corrected chi connectivity index (χ1v) is 9.00. The standard InChI is InChI=1S/C15H21N3O3S/c1-4-13-10(2)12-7-11(5-6-14(12)18-13)8-16-15(19)9-17-22(3,20)21/h5-7,17-18H,4,8-9H2,1-3H3,(H,16,19). The molecule has 0 saturated carbocycles. The lowest BCUT2D eigenvalue weighted by Gasteiger charge is -2.06. The number of H-pyrrole nitrogens is 1. The Balaban J connectivity index is 2.03. The molecule has 0 radical (unpaired) electrons. The Bertz CT molecular complexity index is 794. The van der Waals surface area contributed by atoms with Gasteiger partial charge in [0.15, 0.2) is 0 Å². The number of fused-ring (bicyclic) bond motifs is 1. The molecule has 120 valence electrons. The van der Waals surface area contributed by atoms with Crippen LogP contribution < -0.4 is 10.0 Å². The summed E-state index contributed by atoms with van der Waals surface area (Å²) in [4.78, 5) is 15.0. The number of carbonyl (C=O) groups excluding carboxylic acids is 1. The highest BCUT2D eigenvalue weighted by molar-refractivity contribution is 7.88. The monoisotopic (exact) mass is 323 g/mol. The van der Waals surface area contributed by atoms with E-state index in [1.807, 2.05) is 18.2 Å². The number of hydrogen-bond acceptors (Lipinski definition) is 3. The maximum Gasteiger partial charge on any atom is 0.235 e. The predicted molar refractivity (Wildman–Crippen MR) is 87.1 cm³/mol. The van der Waals surface area contributed by atoms with E-state index in [9.17, 15) is 13.2 Å². The van der Waals surface area contributed by atoms with Gasteiger partial charge in [-0.25, -0.2) is 13.1 Å². The summed E-state index contributed by atoms with van der Waals surface area (Å²) in [6.07, 6.45) is 1.97. The lowest BCUT2D eigenvalue weighted by molar-refractivity contribution is -0.120. The molecule has 7 heteroatoms. The molecule has 2 aromatic rings. The van der Waals surface area contributed by atoms with Gasteiger partial charge in [-0.15, -0.1) is 0 Å². The molecule has 0 spiro atoms. The van der Waals surface area contributed by atoms with Gasteiger partial charge in [0, 0.05) is 23.1 Å². The predicted octanol–water partition coefficient (Wildman–Crippen LogP) is 1.20. The van der Waals surface area contributed by atoms with Crippen LogP contribution >= 0.6 is 0 Å². The van der Waals surface area contributed by atoms with Gasteiger partial charge < -0.3 is 10.3 Å². The fourth-order valence-electron chi connectivity index (χ4n) is 2.35. The zero-order chi connectivity index (χ0) is 16.3. The molecule has 1 heterocycles. The van der Waals surface area contributed by atoms with E-state index in [2.05, 4.69) is 28.9 Å². The van der Waals surface area contributed by atoms with Crippen LogP contribution in [0.3, 0.4) is 0 Å². The number of carbonyl (C=O) groups is 1. The van der Waals surface area contributed by atoms with Gasteiger partial charge in [-0.3, -0.25) is 4.79 Å². The highest BCUT2D eigenvalue weighted by atomic mass is 32.2. The Morgan fingerprint density at radius 1 is 1.32 bits per heavy atom. The van der Waals surface area contributed by atoms with Crippen molar-refractivity contribution in [3.05, 3.63) is 35.0 Å². The first-order valence-electron chi connectivity index (χ1n) is 7.11. The Hall–Kier alpha value is -1.86. The van der Waals surface area contributed by atoms with E-state index in [1.54, 1.807) is 0 Å². The Kier molecular flexibility index (Phi) is 4.87. The van der Waals surface area contributed by atoms with E-state index in [0.29, 0.717) is 6.54 Å². The van der Waals surface area contributed by atoms with E-state index in [1.165, 1.54) is 11.3 Å². The summed E-state index contributed by atoms with van der Waals surface area (Å²) in [6.45, 7) is 4.31. The van der Waals surface area contributed by atoms with Gasteiger partial charge in [0.2, 0.25) is 15.9 Å². The van der Waals surface area contributed by atoms with Crippen molar-refractivity contribution in [2.24, 2.45) is 0 Å². The van der Waals surface area contributed by atoms with Crippen molar-refractivity contribution in [3.8, 4) is 0 Å². The maximum absolute atomic E-state index is 11.6. The summed E-state index contributed by atoms with van der Waals surface area (Å²) in [5.41, 5.74) is 4.51. The zero-order valence-electron chi connectivity index (χ0n) is 13.0. The lowest BCUT2D eigenvalue weighted by Crippen LogP contribution is -2.36. The van der Waals surface area contributed by atoms with Gasteiger partial charge in [-0.05, 0) is 36.6 Å². The molecule has 0 fully saturated rings. The fraction of sp³-hybridized carbons (Fsp3) is 0.400. The summed E-state index contributed by atoms with van der Waals surface area (Å²) in [5.74, 6) is -0.356. The van der Waals surface area contributed by atoms with Crippen LogP contribution in [0.2, 0.25) is 0 Å². The molecule has 6 nitrogen and oxygen atoms in total. The molecule has 1 aromatic carbocycles. The molecule has 0 aliphatic heterocycles. The number of hydrogen-bond donors (Lipinski definition) is 3. The van der Waals surface area contributed by atoms with Gasteiger partial charge in [0.05, 0.1) is 12.8 Å². The summed E-state index contributed by atoms with van der Waals surface area (Å²) >= 11 is 0. The smallest absolute Gasteiger partial charge is 0.235 e. The highest BCUT2D eigenvalue weighted by Gasteiger charge is 2.08. The SMILES string of the molecule is CCc1[nH]c2ccc(CNC(=O)CNS(C)(=O)=O)cc2c1C. The van der Waals surface area contributed by atoms with E-state index < -0.39 is 10.0 Å². The molecule has 3 N–H and O–H groups in total. The second kappa shape index (κ2) is 6.50. The minimum absolute atomic E-state index is 0.246. The second-order valence-electron chi connectivity index (χ2n) is 5.33. The lowest BCUT2D eigenvalue weighted by atomic mass is 10.1. The van der Waals surface area contributed by atoms with Crippen LogP contribution in [0.15, 0.2) is 18.2 Å². The molecule has 1 amide bonds. The van der Waals surface area contributed by atoms with Gasteiger partial charge in [-0.2, -0.15) is 0 Å². The number of benzene rings is 1. The third kappa shape index (κ3) is 4.08. The normalized spacial score (nSPS) is 11.8. The molecule has 0 atom stereocenters. The van der Waals surface area contributed by atoms with Crippen molar-refractivity contribution in [1.82, 2.24) is 15.0 Å². The quantitative estimate of drug-likeness (QED) is 0.746. The van der Waals surface area contributed by atoms with Crippen molar-refractivity contribution in [3.63, 3.8) is 0 Å². The minimum atomic E-state index is -3.35. The van der Waals surface area contributed by atoms with Crippen LogP contribution in [-0.2, 0) is 27.8 Å². The molecule has 1 aromatic heterocycles. The Labute approximate surface area is 130 Å². The average molecular weight is 323 g/mol. The number of amides is 1. The zero-order valence-corrected chi connectivity index (χ0v) is 13.8. The summed E-state index contributed by atoms with van der Waals surface area (Å²) in [7, 11) is -3.35. The van der Waals surface area contributed by atoms with Gasteiger partial charge in [0.25, 0.3) is 0 Å². The number of rotatable bonds is 6. The Morgan fingerprint density at radius 3 is 2.68 bits per heavy atom. The first-order chi connectivity index (χ1) is 10.3. The van der Waals surface area contributed by atoms with Gasteiger partial charge in [-0.1, -0.05) is 13.0 Å². The molecule has 22 heavy (non-hydrogen) atoms. The van der Waals surface area contributed by atoms with Crippen molar-refractivity contribution < 1.29 is 13.2 Å². The summed E-state index contributed by atoms with van der Waals surface area (Å²) in [6, 6.07) is 5.99. The molecular formula is C15H21N3O3S. The molecular weight excluding hydrogens is 302 g/mol. The van der Waals surface area contributed by atoms with Crippen molar-refractivity contribution in [2.45, 2.75) is 26.8 Å². The van der Waals surface area contributed by atoms with Crippen LogP contribution in [0.25, 0.3) is 10.9 Å². The Morgan fingerprint density at radius 2 is 2.05 bits per heavy atom. The summed E-state index contributed by atoms with van der Waals surface area (Å²) in [5, 5.41) is 3.85. The molecule has 0 aliphatic carbocycles. The van der Waals surface area contributed by atoms with Crippen LogP contribution in [0.1, 0.15) is 23.7 Å². The number of nitrogens with one attached hydrogen (secondary N) is 3. The van der Waals surface area contributed by atoms with Crippen molar-refractivity contribution in [1.29, 1.82) is 0 Å². The third-order valence-corrected chi connectivity index (χ3v) is 4.23. The molecule has 0 bridgehead atoms. The highest BCUT2D eigenvalue weighted by Crippen LogP contribution is 2.23. The van der Waals surface area contributed by atoms with E-state index in [0.717, 1.165) is 29.1 Å². The molecule has 0 unspecified atom stereocenters. The number of aromatic nitrogens is 1. The van der Waals surface area contributed by atoms with Crippen LogP contribution in [-0.4, -0.2) is 32.1 Å². The van der Waals surface area contributed by atoms with Crippen molar-refractivity contribution >= 4 is 26.8 Å². The minimum Gasteiger partial charge on any atom is -0.358 e. The van der Waals surface area contributed by atoms with E-state index >= 15 is 0 Å². The van der Waals surface area contributed by atoms with Crippen LogP contribution in [0.5, 0.6) is 0 Å². The number of sulfonamides is 1. The maximum atomic E-state index is 11.6. The topological polar surface area (TPSA) is 91.1 Å². The van der Waals surface area contributed by atoms with Gasteiger partial charge >= 0.3 is 0 Å². The molecule has 0 aliphatic rings. The second-order valence-corrected chi connectivity index (χ2v) is 7.17. The fourth-order valence-corrected chi connectivity index (χ4v) is 2.75. The molecule has 0 saturated heterocycles. The van der Waals surface area contributed by atoms with E-state index in [-0.39, 0.29) is 12.5 Å². The third-order valence-electron chi connectivity index (χ3n) is 3.56. The summed E-state index contributed by atoms with van der Waals surface area (Å²) < 4.78 is 24.0. The van der Waals surface area contributed by atoms with Crippen molar-refractivity contribution in [2.75, 3.05) is 12.8 Å². The average Bonchev–Trinajstić information content (AvgIpc) is 2.78. The van der Waals surface area contributed by atoms with Crippen LogP contribution in [0.4, 0.5) is 0 Å². The molecule has 2 rings (SSSR count). The largest absolute Gasteiger partial charge is 0.358 e. The first kappa shape index (κ1) is 16.5. The van der Waals surface area contributed by atoms with Crippen LogP contribution in [0, 0.1) is 6.92 Å². The van der Waals surface area contributed by atoms with E-state index in [4.69, 9.17) is 0 Å².